The Bertz CT molecular complexity index is 913. The smallest absolute Gasteiger partial charge is 0.337 e. The van der Waals surface area contributed by atoms with Crippen LogP contribution in [0.5, 0.6) is 0 Å². The van der Waals surface area contributed by atoms with E-state index in [9.17, 15) is 9.59 Å². The van der Waals surface area contributed by atoms with Crippen molar-refractivity contribution in [1.29, 1.82) is 0 Å². The summed E-state index contributed by atoms with van der Waals surface area (Å²) in [5, 5.41) is 0.352. The molecule has 26 heavy (non-hydrogen) atoms. The fourth-order valence-corrected chi connectivity index (χ4v) is 2.12. The molecule has 0 bridgehead atoms. The molecule has 6 nitrogen and oxygen atoms in total. The summed E-state index contributed by atoms with van der Waals surface area (Å²) >= 11 is 0. The van der Waals surface area contributed by atoms with E-state index in [0.717, 1.165) is 4.57 Å². The summed E-state index contributed by atoms with van der Waals surface area (Å²) in [5.41, 5.74) is 5.74. The second kappa shape index (κ2) is 11.6. The molecule has 0 radical (unpaired) electrons. The molecular formula is C20H30N4O2. The average molecular weight is 358 g/mol. The zero-order valence-electron chi connectivity index (χ0n) is 16.8. The molecule has 0 aliphatic carbocycles. The maximum Gasteiger partial charge on any atom is 0.337 e. The lowest BCUT2D eigenvalue weighted by Gasteiger charge is -2.11. The molecule has 0 unspecified atom stereocenters. The molecule has 3 aromatic rings. The van der Waals surface area contributed by atoms with Crippen molar-refractivity contribution in [2.24, 2.45) is 7.05 Å². The lowest BCUT2D eigenvalue weighted by molar-refractivity contribution is 0.748. The van der Waals surface area contributed by atoms with Gasteiger partial charge in [-0.15, -0.1) is 0 Å². The van der Waals surface area contributed by atoms with Gasteiger partial charge < -0.3 is 5.73 Å². The number of rotatable bonds is 1. The molecule has 2 aromatic heterocycles. The maximum absolute atomic E-state index is 12.4. The van der Waals surface area contributed by atoms with Crippen LogP contribution in [0, 0.1) is 0 Å². The Kier molecular flexibility index (Phi) is 10.3. The van der Waals surface area contributed by atoms with Crippen LogP contribution in [0.15, 0.2) is 52.1 Å². The highest BCUT2D eigenvalue weighted by Gasteiger charge is 2.13. The summed E-state index contributed by atoms with van der Waals surface area (Å²) in [5.74, 6) is 0.259. The molecule has 0 amide bonds. The minimum Gasteiger partial charge on any atom is -0.384 e. The van der Waals surface area contributed by atoms with E-state index in [4.69, 9.17) is 5.73 Å². The lowest BCUT2D eigenvalue weighted by Crippen LogP contribution is -2.37. The lowest BCUT2D eigenvalue weighted by atomic mass is 10.3. The van der Waals surface area contributed by atoms with Crippen LogP contribution in [0.25, 0.3) is 16.7 Å². The molecule has 3 rings (SSSR count). The summed E-state index contributed by atoms with van der Waals surface area (Å²) in [6.45, 7) is 12.0. The molecule has 2 N–H and O–H groups in total. The van der Waals surface area contributed by atoms with E-state index < -0.39 is 5.69 Å². The van der Waals surface area contributed by atoms with Gasteiger partial charge in [0.15, 0.2) is 5.65 Å². The Morgan fingerprint density at radius 3 is 1.92 bits per heavy atom. The summed E-state index contributed by atoms with van der Waals surface area (Å²) < 4.78 is 2.44. The second-order valence-corrected chi connectivity index (χ2v) is 4.42. The summed E-state index contributed by atoms with van der Waals surface area (Å²) in [6.07, 6.45) is 0. The van der Waals surface area contributed by atoms with Crippen LogP contribution in [-0.2, 0) is 7.05 Å². The molecule has 2 heterocycles. The summed E-state index contributed by atoms with van der Waals surface area (Å²) in [7, 11) is 1.44. The van der Waals surface area contributed by atoms with Crippen molar-refractivity contribution in [2.75, 3.05) is 5.73 Å². The van der Waals surface area contributed by atoms with Crippen LogP contribution in [-0.4, -0.2) is 14.1 Å². The van der Waals surface area contributed by atoms with Gasteiger partial charge in [0, 0.05) is 7.05 Å². The molecule has 0 fully saturated rings. The van der Waals surface area contributed by atoms with E-state index in [2.05, 4.69) is 4.98 Å². The fraction of sp³-hybridized carbons (Fsp3) is 0.350. The Morgan fingerprint density at radius 2 is 1.38 bits per heavy atom. The van der Waals surface area contributed by atoms with Gasteiger partial charge in [0.05, 0.1) is 11.1 Å². The fourth-order valence-electron chi connectivity index (χ4n) is 2.12. The third-order valence-electron chi connectivity index (χ3n) is 3.14. The van der Waals surface area contributed by atoms with Crippen molar-refractivity contribution >= 4 is 16.9 Å². The van der Waals surface area contributed by atoms with Crippen LogP contribution < -0.4 is 17.0 Å². The molecular weight excluding hydrogens is 328 g/mol. The first-order valence-electron chi connectivity index (χ1n) is 9.03. The van der Waals surface area contributed by atoms with Gasteiger partial charge in [0.2, 0.25) is 0 Å². The highest BCUT2D eigenvalue weighted by atomic mass is 16.2. The molecule has 6 heteroatoms. The number of hydrogen-bond acceptors (Lipinski definition) is 4. The molecule has 1 aromatic carbocycles. The third-order valence-corrected chi connectivity index (χ3v) is 3.14. The van der Waals surface area contributed by atoms with Crippen LogP contribution in [0.1, 0.15) is 41.5 Å². The molecule has 0 aliphatic heterocycles. The van der Waals surface area contributed by atoms with Gasteiger partial charge in [-0.3, -0.25) is 9.36 Å². The van der Waals surface area contributed by atoms with Gasteiger partial charge in [-0.2, -0.15) is 0 Å². The normalized spacial score (nSPS) is 9.04. The zero-order chi connectivity index (χ0) is 20.3. The van der Waals surface area contributed by atoms with Crippen molar-refractivity contribution in [3.8, 4) is 5.69 Å². The van der Waals surface area contributed by atoms with Crippen molar-refractivity contribution in [2.45, 2.75) is 41.5 Å². The molecule has 0 aliphatic rings. The minimum absolute atomic E-state index is 0.259. The maximum atomic E-state index is 12.4. The Labute approximate surface area is 154 Å². The SMILES string of the molecule is CC.CC.CC.Cn1c(=O)c2ccc(N)nc2n(-c2ccccc2)c1=O. The van der Waals surface area contributed by atoms with Crippen molar-refractivity contribution in [1.82, 2.24) is 14.1 Å². The largest absolute Gasteiger partial charge is 0.384 e. The Balaban J connectivity index is 0.000000948. The van der Waals surface area contributed by atoms with Gasteiger partial charge in [0.25, 0.3) is 5.56 Å². The Hall–Kier alpha value is -2.89. The monoisotopic (exact) mass is 358 g/mol. The summed E-state index contributed by atoms with van der Waals surface area (Å²) in [6, 6.07) is 12.1. The van der Waals surface area contributed by atoms with Gasteiger partial charge in [-0.25, -0.2) is 14.3 Å². The van der Waals surface area contributed by atoms with Crippen LogP contribution in [0.3, 0.4) is 0 Å². The van der Waals surface area contributed by atoms with E-state index in [1.165, 1.54) is 11.6 Å². The molecule has 142 valence electrons. The van der Waals surface area contributed by atoms with Crippen molar-refractivity contribution in [3.05, 3.63) is 63.3 Å². The van der Waals surface area contributed by atoms with E-state index >= 15 is 0 Å². The highest BCUT2D eigenvalue weighted by molar-refractivity contribution is 5.77. The number of anilines is 1. The zero-order valence-corrected chi connectivity index (χ0v) is 16.8. The van der Waals surface area contributed by atoms with Gasteiger partial charge in [-0.05, 0) is 24.3 Å². The quantitative estimate of drug-likeness (QED) is 0.718. The topological polar surface area (TPSA) is 82.9 Å². The Morgan fingerprint density at radius 1 is 0.846 bits per heavy atom. The van der Waals surface area contributed by atoms with Crippen LogP contribution in [0.4, 0.5) is 5.82 Å². The first kappa shape index (κ1) is 23.1. The number of pyridine rings is 1. The number of fused-ring (bicyclic) bond motifs is 1. The average Bonchev–Trinajstić information content (AvgIpc) is 2.72. The predicted octanol–water partition coefficient (Wildman–Crippen LogP) is 3.75. The number of nitrogens with zero attached hydrogens (tertiary/aromatic N) is 3. The van der Waals surface area contributed by atoms with Gasteiger partial charge >= 0.3 is 5.69 Å². The third kappa shape index (κ3) is 4.81. The minimum atomic E-state index is -0.452. The van der Waals surface area contributed by atoms with Crippen LogP contribution in [0.2, 0.25) is 0 Å². The first-order valence-corrected chi connectivity index (χ1v) is 9.03. The number of para-hydroxylation sites is 1. The number of benzene rings is 1. The molecule has 0 saturated heterocycles. The highest BCUT2D eigenvalue weighted by Crippen LogP contribution is 2.13. The van der Waals surface area contributed by atoms with E-state index in [1.807, 2.05) is 59.7 Å². The summed E-state index contributed by atoms with van der Waals surface area (Å²) in [4.78, 5) is 28.6. The standard InChI is InChI=1S/C14H12N4O2.3C2H6/c1-17-13(19)10-7-8-11(15)16-12(10)18(14(17)20)9-5-3-2-4-6-9;3*1-2/h2-8H,1H3,(H2,15,16);3*1-2H3. The second-order valence-electron chi connectivity index (χ2n) is 4.42. The van der Waals surface area contributed by atoms with E-state index in [0.29, 0.717) is 11.1 Å². The van der Waals surface area contributed by atoms with E-state index in [1.54, 1.807) is 24.3 Å². The number of nitrogen functional groups attached to an aromatic ring is 1. The molecule has 0 saturated carbocycles. The number of hydrogen-bond donors (Lipinski definition) is 1. The van der Waals surface area contributed by atoms with Crippen molar-refractivity contribution < 1.29 is 0 Å². The number of nitrogens with two attached hydrogens (primary N) is 1. The molecule has 0 spiro atoms. The van der Waals surface area contributed by atoms with Crippen molar-refractivity contribution in [3.63, 3.8) is 0 Å². The van der Waals surface area contributed by atoms with Gasteiger partial charge in [-0.1, -0.05) is 59.7 Å². The van der Waals surface area contributed by atoms with Crippen LogP contribution >= 0.6 is 0 Å². The van der Waals surface area contributed by atoms with Gasteiger partial charge in [0.1, 0.15) is 5.82 Å². The predicted molar refractivity (Wildman–Crippen MR) is 111 cm³/mol. The van der Waals surface area contributed by atoms with E-state index in [-0.39, 0.29) is 17.0 Å². The molecule has 0 atom stereocenters. The first-order chi connectivity index (χ1) is 12.6. The number of aromatic nitrogens is 3.